The van der Waals surface area contributed by atoms with Crippen LogP contribution in [0.1, 0.15) is 48.0 Å². The van der Waals surface area contributed by atoms with E-state index < -0.39 is 0 Å². The topological polar surface area (TPSA) is 75.1 Å². The van der Waals surface area contributed by atoms with Gasteiger partial charge < -0.3 is 10.4 Å². The van der Waals surface area contributed by atoms with Crippen LogP contribution in [0.3, 0.4) is 0 Å². The maximum absolute atomic E-state index is 12.0. The molecular weight excluding hydrogens is 250 g/mol. The number of aliphatic hydroxyl groups excluding tert-OH is 1. The molecule has 0 aromatic carbocycles. The highest BCUT2D eigenvalue weighted by Gasteiger charge is 2.42. The van der Waals surface area contributed by atoms with Gasteiger partial charge in [0.1, 0.15) is 4.88 Å². The normalized spacial score (nSPS) is 16.6. The summed E-state index contributed by atoms with van der Waals surface area (Å²) in [4.78, 5) is 12.7. The molecule has 1 fully saturated rings. The smallest absolute Gasteiger partial charge is 0.264 e. The Morgan fingerprint density at radius 3 is 2.94 bits per heavy atom. The van der Waals surface area contributed by atoms with Crippen molar-refractivity contribution in [3.8, 4) is 0 Å². The first kappa shape index (κ1) is 13.4. The number of carbonyl (C=O) groups is 1. The molecule has 2 N–H and O–H groups in total. The standard InChI is InChI=1S/C12H19N3O2S/c1-2-3-9-10(18-15-14-9)11(17)13-8-12(4-5-12)6-7-16/h16H,2-8H2,1H3,(H,13,17). The lowest BCUT2D eigenvalue weighted by atomic mass is 10.0. The third kappa shape index (κ3) is 3.05. The van der Waals surface area contributed by atoms with E-state index in [1.807, 2.05) is 0 Å². The highest BCUT2D eigenvalue weighted by atomic mass is 32.1. The van der Waals surface area contributed by atoms with Crippen LogP contribution in [-0.4, -0.2) is 33.8 Å². The summed E-state index contributed by atoms with van der Waals surface area (Å²) >= 11 is 1.16. The molecule has 1 aromatic rings. The minimum Gasteiger partial charge on any atom is -0.396 e. The highest BCUT2D eigenvalue weighted by molar-refractivity contribution is 7.08. The molecule has 1 amide bonds. The molecule has 1 aromatic heterocycles. The minimum absolute atomic E-state index is 0.0716. The molecule has 0 atom stereocenters. The Bertz CT molecular complexity index is 415. The van der Waals surface area contributed by atoms with Gasteiger partial charge in [-0.3, -0.25) is 4.79 Å². The van der Waals surface area contributed by atoms with Gasteiger partial charge in [0.2, 0.25) is 0 Å². The summed E-state index contributed by atoms with van der Waals surface area (Å²) in [6.07, 6.45) is 4.71. The lowest BCUT2D eigenvalue weighted by Gasteiger charge is -2.14. The van der Waals surface area contributed by atoms with Crippen molar-refractivity contribution in [3.63, 3.8) is 0 Å². The summed E-state index contributed by atoms with van der Waals surface area (Å²) in [6, 6.07) is 0. The highest BCUT2D eigenvalue weighted by Crippen LogP contribution is 2.47. The Kier molecular flexibility index (Phi) is 4.29. The molecule has 1 aliphatic rings. The second-order valence-corrected chi connectivity index (χ2v) is 5.71. The van der Waals surface area contributed by atoms with E-state index in [4.69, 9.17) is 5.11 Å². The second kappa shape index (κ2) is 5.75. The molecule has 0 aliphatic heterocycles. The van der Waals surface area contributed by atoms with Crippen LogP contribution in [0.4, 0.5) is 0 Å². The quantitative estimate of drug-likeness (QED) is 0.784. The number of aromatic nitrogens is 2. The van der Waals surface area contributed by atoms with E-state index in [-0.39, 0.29) is 17.9 Å². The van der Waals surface area contributed by atoms with Crippen LogP contribution in [0, 0.1) is 5.41 Å². The van der Waals surface area contributed by atoms with Crippen molar-refractivity contribution in [1.29, 1.82) is 0 Å². The molecule has 0 bridgehead atoms. The zero-order chi connectivity index (χ0) is 13.0. The summed E-state index contributed by atoms with van der Waals surface area (Å²) in [7, 11) is 0. The fraction of sp³-hybridized carbons (Fsp3) is 0.750. The molecule has 5 nitrogen and oxygen atoms in total. The SMILES string of the molecule is CCCc1nnsc1C(=O)NCC1(CCO)CC1. The van der Waals surface area contributed by atoms with Crippen molar-refractivity contribution in [2.45, 2.75) is 39.0 Å². The van der Waals surface area contributed by atoms with Gasteiger partial charge in [-0.05, 0) is 42.6 Å². The monoisotopic (exact) mass is 269 g/mol. The number of rotatable bonds is 7. The van der Waals surface area contributed by atoms with Crippen LogP contribution >= 0.6 is 11.5 Å². The van der Waals surface area contributed by atoms with Gasteiger partial charge in [0.25, 0.3) is 5.91 Å². The van der Waals surface area contributed by atoms with Crippen LogP contribution in [-0.2, 0) is 6.42 Å². The molecule has 0 spiro atoms. The van der Waals surface area contributed by atoms with Crippen molar-refractivity contribution in [2.24, 2.45) is 5.41 Å². The minimum atomic E-state index is -0.0716. The lowest BCUT2D eigenvalue weighted by Crippen LogP contribution is -2.30. The van der Waals surface area contributed by atoms with E-state index in [2.05, 4.69) is 21.8 Å². The van der Waals surface area contributed by atoms with Crippen LogP contribution in [0.15, 0.2) is 0 Å². The number of amides is 1. The molecular formula is C12H19N3O2S. The van der Waals surface area contributed by atoms with Crippen molar-refractivity contribution in [2.75, 3.05) is 13.2 Å². The summed E-state index contributed by atoms with van der Waals surface area (Å²) in [5.74, 6) is -0.0716. The van der Waals surface area contributed by atoms with Crippen molar-refractivity contribution < 1.29 is 9.90 Å². The predicted octanol–water partition coefficient (Wildman–Crippen LogP) is 1.38. The molecule has 0 unspecified atom stereocenters. The van der Waals surface area contributed by atoms with Gasteiger partial charge in [-0.2, -0.15) is 0 Å². The Morgan fingerprint density at radius 2 is 2.33 bits per heavy atom. The largest absolute Gasteiger partial charge is 0.396 e. The van der Waals surface area contributed by atoms with Gasteiger partial charge >= 0.3 is 0 Å². The molecule has 18 heavy (non-hydrogen) atoms. The molecule has 0 radical (unpaired) electrons. The van der Waals surface area contributed by atoms with Gasteiger partial charge in [0.05, 0.1) is 5.69 Å². The Balaban J connectivity index is 1.89. The van der Waals surface area contributed by atoms with E-state index in [9.17, 15) is 4.79 Å². The maximum Gasteiger partial charge on any atom is 0.264 e. The number of hydrogen-bond donors (Lipinski definition) is 2. The Morgan fingerprint density at radius 1 is 1.56 bits per heavy atom. The van der Waals surface area contributed by atoms with Gasteiger partial charge in [0, 0.05) is 13.2 Å². The number of hydrogen-bond acceptors (Lipinski definition) is 5. The fourth-order valence-corrected chi connectivity index (χ4v) is 2.68. The van der Waals surface area contributed by atoms with Crippen LogP contribution < -0.4 is 5.32 Å². The molecule has 6 heteroatoms. The van der Waals surface area contributed by atoms with Crippen molar-refractivity contribution in [1.82, 2.24) is 14.9 Å². The third-order valence-electron chi connectivity index (χ3n) is 3.47. The van der Waals surface area contributed by atoms with Gasteiger partial charge in [-0.25, -0.2) is 0 Å². The molecule has 0 saturated heterocycles. The van der Waals surface area contributed by atoms with Gasteiger partial charge in [-0.15, -0.1) is 5.10 Å². The zero-order valence-electron chi connectivity index (χ0n) is 10.6. The van der Waals surface area contributed by atoms with Crippen LogP contribution in [0.2, 0.25) is 0 Å². The van der Waals surface area contributed by atoms with Crippen LogP contribution in [0.25, 0.3) is 0 Å². The lowest BCUT2D eigenvalue weighted by molar-refractivity contribution is 0.0943. The summed E-state index contributed by atoms with van der Waals surface area (Å²) in [5.41, 5.74) is 0.944. The summed E-state index contributed by atoms with van der Waals surface area (Å²) in [5, 5.41) is 15.9. The molecule has 1 aliphatic carbocycles. The third-order valence-corrected chi connectivity index (χ3v) is 4.24. The van der Waals surface area contributed by atoms with E-state index in [0.717, 1.165) is 49.3 Å². The molecule has 1 heterocycles. The average Bonchev–Trinajstić information content (AvgIpc) is 2.96. The van der Waals surface area contributed by atoms with Gasteiger partial charge in [0.15, 0.2) is 0 Å². The average molecular weight is 269 g/mol. The summed E-state index contributed by atoms with van der Waals surface area (Å²) < 4.78 is 3.85. The van der Waals surface area contributed by atoms with E-state index in [1.54, 1.807) is 0 Å². The van der Waals surface area contributed by atoms with Gasteiger partial charge in [-0.1, -0.05) is 17.8 Å². The van der Waals surface area contributed by atoms with Crippen molar-refractivity contribution in [3.05, 3.63) is 10.6 Å². The predicted molar refractivity (Wildman–Crippen MR) is 69.6 cm³/mol. The van der Waals surface area contributed by atoms with E-state index in [0.29, 0.717) is 11.4 Å². The molecule has 2 rings (SSSR count). The van der Waals surface area contributed by atoms with E-state index >= 15 is 0 Å². The van der Waals surface area contributed by atoms with Crippen LogP contribution in [0.5, 0.6) is 0 Å². The first-order valence-electron chi connectivity index (χ1n) is 6.41. The first-order chi connectivity index (χ1) is 8.71. The number of aliphatic hydroxyl groups is 1. The number of aryl methyl sites for hydroxylation is 1. The zero-order valence-corrected chi connectivity index (χ0v) is 11.4. The number of carbonyl (C=O) groups excluding carboxylic acids is 1. The second-order valence-electron chi connectivity index (χ2n) is 4.96. The number of nitrogens with one attached hydrogen (secondary N) is 1. The summed E-state index contributed by atoms with van der Waals surface area (Å²) in [6.45, 7) is 2.90. The fourth-order valence-electron chi connectivity index (χ4n) is 2.06. The molecule has 1 saturated carbocycles. The first-order valence-corrected chi connectivity index (χ1v) is 7.18. The number of nitrogens with zero attached hydrogens (tertiary/aromatic N) is 2. The Labute approximate surface area is 111 Å². The van der Waals surface area contributed by atoms with E-state index in [1.165, 1.54) is 0 Å². The molecule has 100 valence electrons. The maximum atomic E-state index is 12.0. The van der Waals surface area contributed by atoms with Crippen molar-refractivity contribution >= 4 is 17.4 Å². The Hall–Kier alpha value is -1.01.